The Hall–Kier alpha value is -0.850. The molecule has 2 aromatic heterocycles. The van der Waals surface area contributed by atoms with Crippen LogP contribution in [0.15, 0.2) is 29.0 Å². The summed E-state index contributed by atoms with van der Waals surface area (Å²) < 4.78 is 1.92. The molecule has 0 saturated carbocycles. The van der Waals surface area contributed by atoms with E-state index in [0.717, 1.165) is 11.6 Å². The molecular weight excluding hydrogens is 252 g/mol. The number of aryl methyl sites for hydroxylation is 1. The summed E-state index contributed by atoms with van der Waals surface area (Å²) in [7, 11) is 1.95. The van der Waals surface area contributed by atoms with Crippen molar-refractivity contribution in [1.82, 2.24) is 14.8 Å². The fourth-order valence-electron chi connectivity index (χ4n) is 1.52. The van der Waals surface area contributed by atoms with Gasteiger partial charge in [0.2, 0.25) is 0 Å². The zero-order chi connectivity index (χ0) is 12.3. The molecule has 17 heavy (non-hydrogen) atoms. The van der Waals surface area contributed by atoms with Gasteiger partial charge in [-0.2, -0.15) is 0 Å². The first-order valence-electron chi connectivity index (χ1n) is 5.52. The van der Waals surface area contributed by atoms with E-state index in [1.807, 2.05) is 11.6 Å². The van der Waals surface area contributed by atoms with Gasteiger partial charge in [0.05, 0.1) is 5.25 Å². The van der Waals surface area contributed by atoms with E-state index in [0.29, 0.717) is 0 Å². The lowest BCUT2D eigenvalue weighted by Crippen LogP contribution is -2.25. The van der Waals surface area contributed by atoms with Crippen LogP contribution >= 0.6 is 23.1 Å². The standard InChI is InChI=1S/C11H16N4S2/c1-3-8(12)10(9-5-4-6-16-9)17-11-14-13-7-15(11)2/h4-8,10H,3,12H2,1-2H3. The normalized spacial score (nSPS) is 14.8. The second-order valence-electron chi connectivity index (χ2n) is 3.85. The minimum Gasteiger partial charge on any atom is -0.326 e. The second kappa shape index (κ2) is 5.66. The maximum Gasteiger partial charge on any atom is 0.191 e. The molecule has 0 fully saturated rings. The first-order valence-corrected chi connectivity index (χ1v) is 7.28. The highest BCUT2D eigenvalue weighted by Gasteiger charge is 2.22. The number of aromatic nitrogens is 3. The van der Waals surface area contributed by atoms with Gasteiger partial charge in [-0.1, -0.05) is 24.8 Å². The van der Waals surface area contributed by atoms with Crippen molar-refractivity contribution in [3.05, 3.63) is 28.7 Å². The van der Waals surface area contributed by atoms with Crippen molar-refractivity contribution in [2.45, 2.75) is 29.8 Å². The Morgan fingerprint density at radius 3 is 2.94 bits per heavy atom. The van der Waals surface area contributed by atoms with Gasteiger partial charge in [-0.25, -0.2) is 0 Å². The highest BCUT2D eigenvalue weighted by Crippen LogP contribution is 2.38. The van der Waals surface area contributed by atoms with Crippen LogP contribution in [0.1, 0.15) is 23.5 Å². The molecule has 2 unspecified atom stereocenters. The smallest absolute Gasteiger partial charge is 0.191 e. The molecule has 0 saturated heterocycles. The van der Waals surface area contributed by atoms with E-state index in [-0.39, 0.29) is 11.3 Å². The third kappa shape index (κ3) is 2.88. The highest BCUT2D eigenvalue weighted by atomic mass is 32.2. The maximum atomic E-state index is 6.20. The molecule has 0 aliphatic heterocycles. The van der Waals surface area contributed by atoms with E-state index >= 15 is 0 Å². The lowest BCUT2D eigenvalue weighted by atomic mass is 10.1. The van der Waals surface area contributed by atoms with Gasteiger partial charge in [-0.3, -0.25) is 0 Å². The Balaban J connectivity index is 2.20. The molecule has 2 rings (SSSR count). The third-order valence-electron chi connectivity index (χ3n) is 2.59. The lowest BCUT2D eigenvalue weighted by molar-refractivity contribution is 0.636. The van der Waals surface area contributed by atoms with Gasteiger partial charge >= 0.3 is 0 Å². The predicted molar refractivity (Wildman–Crippen MR) is 72.2 cm³/mol. The van der Waals surface area contributed by atoms with Gasteiger partial charge in [0.1, 0.15) is 6.33 Å². The van der Waals surface area contributed by atoms with Gasteiger partial charge in [0, 0.05) is 18.0 Å². The van der Waals surface area contributed by atoms with Crippen LogP contribution in [0.25, 0.3) is 0 Å². The number of rotatable bonds is 5. The Labute approximate surface area is 109 Å². The Kier molecular flexibility index (Phi) is 4.20. The topological polar surface area (TPSA) is 56.7 Å². The van der Waals surface area contributed by atoms with Crippen LogP contribution in [0.2, 0.25) is 0 Å². The maximum absolute atomic E-state index is 6.20. The number of nitrogens with zero attached hydrogens (tertiary/aromatic N) is 3. The van der Waals surface area contributed by atoms with Gasteiger partial charge in [-0.05, 0) is 17.9 Å². The van der Waals surface area contributed by atoms with Gasteiger partial charge in [0.25, 0.3) is 0 Å². The summed E-state index contributed by atoms with van der Waals surface area (Å²) in [5.41, 5.74) is 6.20. The van der Waals surface area contributed by atoms with E-state index in [1.54, 1.807) is 29.4 Å². The first-order chi connectivity index (χ1) is 8.22. The molecule has 0 aliphatic rings. The van der Waals surface area contributed by atoms with Gasteiger partial charge in [-0.15, -0.1) is 21.5 Å². The van der Waals surface area contributed by atoms with Gasteiger partial charge < -0.3 is 10.3 Å². The largest absolute Gasteiger partial charge is 0.326 e. The van der Waals surface area contributed by atoms with Crippen molar-refractivity contribution in [1.29, 1.82) is 0 Å². The average Bonchev–Trinajstić information content (AvgIpc) is 2.97. The predicted octanol–water partition coefficient (Wildman–Crippen LogP) is 2.45. The van der Waals surface area contributed by atoms with Crippen molar-refractivity contribution in [3.8, 4) is 0 Å². The van der Waals surface area contributed by atoms with Crippen molar-refractivity contribution >= 4 is 23.1 Å². The fraction of sp³-hybridized carbons (Fsp3) is 0.455. The minimum atomic E-state index is 0.135. The molecule has 4 nitrogen and oxygen atoms in total. The number of nitrogens with two attached hydrogens (primary N) is 1. The molecule has 2 atom stereocenters. The van der Waals surface area contributed by atoms with Gasteiger partial charge in [0.15, 0.2) is 5.16 Å². The van der Waals surface area contributed by atoms with Crippen LogP contribution in [0, 0.1) is 0 Å². The zero-order valence-corrected chi connectivity index (χ0v) is 11.5. The number of hydrogen-bond donors (Lipinski definition) is 1. The lowest BCUT2D eigenvalue weighted by Gasteiger charge is -2.20. The molecule has 0 radical (unpaired) electrons. The van der Waals surface area contributed by atoms with Crippen molar-refractivity contribution in [2.24, 2.45) is 12.8 Å². The number of hydrogen-bond acceptors (Lipinski definition) is 5. The molecule has 0 spiro atoms. The molecule has 0 aliphatic carbocycles. The summed E-state index contributed by atoms with van der Waals surface area (Å²) in [6, 6.07) is 4.33. The Bertz CT molecular complexity index is 452. The SMILES string of the molecule is CCC(N)C(Sc1nncn1C)c1cccs1. The highest BCUT2D eigenvalue weighted by molar-refractivity contribution is 7.99. The Morgan fingerprint density at radius 1 is 1.59 bits per heavy atom. The summed E-state index contributed by atoms with van der Waals surface area (Å²) in [6.45, 7) is 2.11. The van der Waals surface area contributed by atoms with Crippen molar-refractivity contribution in [3.63, 3.8) is 0 Å². The molecule has 2 N–H and O–H groups in total. The second-order valence-corrected chi connectivity index (χ2v) is 5.94. The molecule has 0 amide bonds. The molecule has 2 heterocycles. The Morgan fingerprint density at radius 2 is 2.41 bits per heavy atom. The van der Waals surface area contributed by atoms with E-state index in [9.17, 15) is 0 Å². The van der Waals surface area contributed by atoms with Crippen LogP contribution in [0.5, 0.6) is 0 Å². The summed E-state index contributed by atoms with van der Waals surface area (Å²) in [5, 5.41) is 11.3. The fourth-order valence-corrected chi connectivity index (χ4v) is 3.70. The summed E-state index contributed by atoms with van der Waals surface area (Å²) >= 11 is 3.43. The summed E-state index contributed by atoms with van der Waals surface area (Å²) in [5.74, 6) is 0. The summed E-state index contributed by atoms with van der Waals surface area (Å²) in [6.07, 6.45) is 2.67. The van der Waals surface area contributed by atoms with Crippen LogP contribution in [0.3, 0.4) is 0 Å². The van der Waals surface area contributed by atoms with Crippen LogP contribution in [-0.4, -0.2) is 20.8 Å². The molecule has 6 heteroatoms. The van der Waals surface area contributed by atoms with Crippen molar-refractivity contribution < 1.29 is 0 Å². The van der Waals surface area contributed by atoms with Crippen LogP contribution in [0.4, 0.5) is 0 Å². The zero-order valence-electron chi connectivity index (χ0n) is 9.91. The first kappa shape index (κ1) is 12.6. The quantitative estimate of drug-likeness (QED) is 0.846. The number of thiophene rings is 1. The van der Waals surface area contributed by atoms with Crippen molar-refractivity contribution in [2.75, 3.05) is 0 Å². The number of thioether (sulfide) groups is 1. The molecule has 2 aromatic rings. The average molecular weight is 268 g/mol. The molecule has 92 valence electrons. The summed E-state index contributed by atoms with van der Waals surface area (Å²) in [4.78, 5) is 1.30. The van der Waals surface area contributed by atoms with E-state index in [2.05, 4.69) is 34.6 Å². The third-order valence-corrected chi connectivity index (χ3v) is 5.13. The molecule has 0 bridgehead atoms. The molecular formula is C11H16N4S2. The minimum absolute atomic E-state index is 0.135. The van der Waals surface area contributed by atoms with E-state index in [1.165, 1.54) is 4.88 Å². The molecule has 0 aromatic carbocycles. The van der Waals surface area contributed by atoms with Crippen LogP contribution in [-0.2, 0) is 7.05 Å². The van der Waals surface area contributed by atoms with E-state index < -0.39 is 0 Å². The monoisotopic (exact) mass is 268 g/mol. The van der Waals surface area contributed by atoms with E-state index in [4.69, 9.17) is 5.73 Å². The van der Waals surface area contributed by atoms with Crippen LogP contribution < -0.4 is 5.73 Å².